The number of aromatic nitrogens is 4. The number of hydrogen-bond acceptors (Lipinski definition) is 7. The molecule has 0 bridgehead atoms. The van der Waals surface area contributed by atoms with E-state index in [0.29, 0.717) is 40.7 Å². The average Bonchev–Trinajstić information content (AvgIpc) is 2.61. The quantitative estimate of drug-likeness (QED) is 0.635. The monoisotopic (exact) mass is 373 g/mol. The molecule has 0 aliphatic heterocycles. The topological polar surface area (TPSA) is 72.8 Å². The molecule has 2 aromatic heterocycles. The standard InChI is InChI=1S/C17H16ClN5OS/c1-11-22-14(9-21-17-19-7-13(18)8-20-17)6-16(23-11)24-15-4-2-12(10-25)3-5-15/h2-8,25H,9-10H2,1H3,(H,19,20,21). The smallest absolute Gasteiger partial charge is 0.222 e. The number of halogens is 1. The van der Waals surface area contributed by atoms with Gasteiger partial charge < -0.3 is 10.1 Å². The minimum Gasteiger partial charge on any atom is -0.439 e. The molecule has 0 aliphatic rings. The van der Waals surface area contributed by atoms with E-state index in [9.17, 15) is 0 Å². The van der Waals surface area contributed by atoms with Gasteiger partial charge in [-0.2, -0.15) is 17.6 Å². The van der Waals surface area contributed by atoms with E-state index in [1.165, 1.54) is 12.4 Å². The van der Waals surface area contributed by atoms with Crippen LogP contribution in [0.3, 0.4) is 0 Å². The molecule has 0 spiro atoms. The van der Waals surface area contributed by atoms with E-state index in [1.54, 1.807) is 6.07 Å². The molecule has 1 aromatic carbocycles. The second-order valence-electron chi connectivity index (χ2n) is 5.23. The third-order valence-corrected chi connectivity index (χ3v) is 3.80. The number of ether oxygens (including phenoxy) is 1. The molecule has 3 rings (SSSR count). The number of hydrogen-bond donors (Lipinski definition) is 2. The molecule has 1 N–H and O–H groups in total. The highest BCUT2D eigenvalue weighted by atomic mass is 35.5. The summed E-state index contributed by atoms with van der Waals surface area (Å²) in [6.45, 7) is 2.26. The Bertz CT molecular complexity index is 843. The fraction of sp³-hybridized carbons (Fsp3) is 0.176. The highest BCUT2D eigenvalue weighted by Crippen LogP contribution is 2.21. The van der Waals surface area contributed by atoms with Gasteiger partial charge in [-0.05, 0) is 24.6 Å². The molecule has 8 heteroatoms. The molecule has 0 saturated heterocycles. The number of aryl methyl sites for hydroxylation is 1. The maximum absolute atomic E-state index is 5.81. The average molecular weight is 374 g/mol. The highest BCUT2D eigenvalue weighted by Gasteiger charge is 2.06. The van der Waals surface area contributed by atoms with Crippen LogP contribution in [0.15, 0.2) is 42.7 Å². The summed E-state index contributed by atoms with van der Waals surface area (Å²) in [7, 11) is 0. The van der Waals surface area contributed by atoms with Gasteiger partial charge in [0.1, 0.15) is 11.6 Å². The lowest BCUT2D eigenvalue weighted by Crippen LogP contribution is -2.06. The Balaban J connectivity index is 1.69. The summed E-state index contributed by atoms with van der Waals surface area (Å²) in [6, 6.07) is 9.50. The van der Waals surface area contributed by atoms with Gasteiger partial charge >= 0.3 is 0 Å². The van der Waals surface area contributed by atoms with Crippen molar-refractivity contribution in [2.24, 2.45) is 0 Å². The summed E-state index contributed by atoms with van der Waals surface area (Å²) < 4.78 is 5.81. The van der Waals surface area contributed by atoms with Crippen LogP contribution in [0.4, 0.5) is 5.95 Å². The van der Waals surface area contributed by atoms with Crippen LogP contribution in [0.2, 0.25) is 5.02 Å². The third kappa shape index (κ3) is 5.04. The maximum atomic E-state index is 5.81. The van der Waals surface area contributed by atoms with Crippen LogP contribution in [0, 0.1) is 6.92 Å². The van der Waals surface area contributed by atoms with E-state index in [1.807, 2.05) is 31.2 Å². The second kappa shape index (κ2) is 8.13. The zero-order valence-corrected chi connectivity index (χ0v) is 15.1. The molecule has 0 saturated carbocycles. The van der Waals surface area contributed by atoms with Crippen LogP contribution in [-0.4, -0.2) is 19.9 Å². The molecule has 0 fully saturated rings. The molecule has 3 aromatic rings. The van der Waals surface area contributed by atoms with Crippen molar-refractivity contribution in [1.82, 2.24) is 19.9 Å². The van der Waals surface area contributed by atoms with Gasteiger partial charge in [-0.1, -0.05) is 23.7 Å². The predicted molar refractivity (Wildman–Crippen MR) is 100 cm³/mol. The lowest BCUT2D eigenvalue weighted by atomic mass is 10.2. The van der Waals surface area contributed by atoms with Crippen LogP contribution in [0.25, 0.3) is 0 Å². The van der Waals surface area contributed by atoms with E-state index in [-0.39, 0.29) is 0 Å². The van der Waals surface area contributed by atoms with E-state index in [4.69, 9.17) is 16.3 Å². The van der Waals surface area contributed by atoms with Gasteiger partial charge in [-0.25, -0.2) is 15.0 Å². The summed E-state index contributed by atoms with van der Waals surface area (Å²) in [5.41, 5.74) is 1.90. The number of nitrogens with one attached hydrogen (secondary N) is 1. The van der Waals surface area contributed by atoms with Crippen molar-refractivity contribution < 1.29 is 4.74 Å². The van der Waals surface area contributed by atoms with Gasteiger partial charge in [0.05, 0.1) is 29.7 Å². The fourth-order valence-corrected chi connectivity index (χ4v) is 2.41. The second-order valence-corrected chi connectivity index (χ2v) is 5.98. The van der Waals surface area contributed by atoms with Gasteiger partial charge in [0.2, 0.25) is 11.8 Å². The van der Waals surface area contributed by atoms with Crippen LogP contribution in [0.1, 0.15) is 17.1 Å². The van der Waals surface area contributed by atoms with Crippen molar-refractivity contribution in [1.29, 1.82) is 0 Å². The van der Waals surface area contributed by atoms with Gasteiger partial charge in [0, 0.05) is 11.8 Å². The Hall–Kier alpha value is -2.38. The number of benzene rings is 1. The van der Waals surface area contributed by atoms with Gasteiger partial charge in [-0.15, -0.1) is 0 Å². The Kier molecular flexibility index (Phi) is 5.67. The summed E-state index contributed by atoms with van der Waals surface area (Å²) >= 11 is 10.0. The largest absolute Gasteiger partial charge is 0.439 e. The van der Waals surface area contributed by atoms with E-state index in [0.717, 1.165) is 11.3 Å². The SMILES string of the molecule is Cc1nc(CNc2ncc(Cl)cn2)cc(Oc2ccc(CS)cc2)n1. The Labute approximate surface area is 156 Å². The zero-order valence-electron chi connectivity index (χ0n) is 13.5. The summed E-state index contributed by atoms with van der Waals surface area (Å²) in [6.07, 6.45) is 3.07. The first-order valence-electron chi connectivity index (χ1n) is 7.56. The van der Waals surface area contributed by atoms with Crippen LogP contribution < -0.4 is 10.1 Å². The molecule has 128 valence electrons. The minimum absolute atomic E-state index is 0.444. The molecule has 6 nitrogen and oxygen atoms in total. The normalized spacial score (nSPS) is 10.5. The maximum Gasteiger partial charge on any atom is 0.222 e. The molecular formula is C17H16ClN5OS. The summed E-state index contributed by atoms with van der Waals surface area (Å²) in [5, 5.41) is 3.58. The Morgan fingerprint density at radius 3 is 2.52 bits per heavy atom. The lowest BCUT2D eigenvalue weighted by Gasteiger charge is -2.09. The molecule has 25 heavy (non-hydrogen) atoms. The molecule has 0 amide bonds. The molecular weight excluding hydrogens is 358 g/mol. The number of anilines is 1. The number of rotatable bonds is 6. The predicted octanol–water partition coefficient (Wildman–Crippen LogP) is 4.06. The summed E-state index contributed by atoms with van der Waals surface area (Å²) in [5.74, 6) is 2.99. The van der Waals surface area contributed by atoms with Crippen LogP contribution in [0.5, 0.6) is 11.6 Å². The van der Waals surface area contributed by atoms with E-state index in [2.05, 4.69) is 37.9 Å². The molecule has 2 heterocycles. The molecule has 0 radical (unpaired) electrons. The fourth-order valence-electron chi connectivity index (χ4n) is 2.10. The minimum atomic E-state index is 0.444. The van der Waals surface area contributed by atoms with Crippen molar-refractivity contribution in [3.05, 3.63) is 64.8 Å². The van der Waals surface area contributed by atoms with Crippen molar-refractivity contribution in [2.45, 2.75) is 19.2 Å². The van der Waals surface area contributed by atoms with Crippen molar-refractivity contribution >= 4 is 30.2 Å². The first-order chi connectivity index (χ1) is 12.1. The molecule has 0 unspecified atom stereocenters. The van der Waals surface area contributed by atoms with Crippen molar-refractivity contribution in [2.75, 3.05) is 5.32 Å². The number of nitrogens with zero attached hydrogens (tertiary/aromatic N) is 4. The summed E-state index contributed by atoms with van der Waals surface area (Å²) in [4.78, 5) is 16.9. The first-order valence-corrected chi connectivity index (χ1v) is 8.57. The van der Waals surface area contributed by atoms with E-state index < -0.39 is 0 Å². The van der Waals surface area contributed by atoms with Gasteiger partial charge in [-0.3, -0.25) is 0 Å². The number of thiol groups is 1. The van der Waals surface area contributed by atoms with Crippen molar-refractivity contribution in [3.63, 3.8) is 0 Å². The Morgan fingerprint density at radius 2 is 1.84 bits per heavy atom. The highest BCUT2D eigenvalue weighted by molar-refractivity contribution is 7.79. The van der Waals surface area contributed by atoms with Gasteiger partial charge in [0.25, 0.3) is 0 Å². The van der Waals surface area contributed by atoms with E-state index >= 15 is 0 Å². The molecule has 0 aliphatic carbocycles. The van der Waals surface area contributed by atoms with Crippen LogP contribution in [-0.2, 0) is 12.3 Å². The zero-order chi connectivity index (χ0) is 17.6. The lowest BCUT2D eigenvalue weighted by molar-refractivity contribution is 0.458. The Morgan fingerprint density at radius 1 is 1.12 bits per heavy atom. The molecule has 0 atom stereocenters. The first kappa shape index (κ1) is 17.4. The van der Waals surface area contributed by atoms with Crippen molar-refractivity contribution in [3.8, 4) is 11.6 Å². The van der Waals surface area contributed by atoms with Crippen LogP contribution >= 0.6 is 24.2 Å². The van der Waals surface area contributed by atoms with Gasteiger partial charge in [0.15, 0.2) is 0 Å². The third-order valence-electron chi connectivity index (χ3n) is 3.24.